The zero-order valence-corrected chi connectivity index (χ0v) is 15.6. The van der Waals surface area contributed by atoms with Gasteiger partial charge in [0.05, 0.1) is 7.11 Å². The van der Waals surface area contributed by atoms with E-state index in [0.717, 1.165) is 11.3 Å². The second-order valence-corrected chi connectivity index (χ2v) is 6.22. The Morgan fingerprint density at radius 1 is 0.786 bits per heavy atom. The normalized spacial score (nSPS) is 10.2. The van der Waals surface area contributed by atoms with Gasteiger partial charge in [0.2, 0.25) is 0 Å². The standard InChI is InChI=1S/C23H22N2O3/c1-28-21-10-6-5-7-17(21)15-16-24-22(26)19-11-13-20(14-12-19)25-23(27)18-8-3-2-4-9-18/h2-14H,15-16H2,1H3,(H,24,26)(H,25,27). The predicted octanol–water partition coefficient (Wildman–Crippen LogP) is 3.92. The SMILES string of the molecule is COc1ccccc1CCNC(=O)c1ccc(NC(=O)c2ccccc2)cc1. The first kappa shape index (κ1) is 19.2. The molecule has 5 nitrogen and oxygen atoms in total. The first-order chi connectivity index (χ1) is 13.7. The Balaban J connectivity index is 1.53. The summed E-state index contributed by atoms with van der Waals surface area (Å²) in [6.45, 7) is 0.506. The van der Waals surface area contributed by atoms with Crippen LogP contribution in [-0.4, -0.2) is 25.5 Å². The molecule has 0 saturated carbocycles. The fourth-order valence-corrected chi connectivity index (χ4v) is 2.82. The number of carbonyl (C=O) groups excluding carboxylic acids is 2. The first-order valence-corrected chi connectivity index (χ1v) is 9.04. The van der Waals surface area contributed by atoms with Crippen LogP contribution in [0, 0.1) is 0 Å². The summed E-state index contributed by atoms with van der Waals surface area (Å²) >= 11 is 0. The van der Waals surface area contributed by atoms with Crippen LogP contribution in [0.1, 0.15) is 26.3 Å². The van der Waals surface area contributed by atoms with E-state index in [1.807, 2.05) is 42.5 Å². The summed E-state index contributed by atoms with van der Waals surface area (Å²) in [7, 11) is 1.63. The van der Waals surface area contributed by atoms with E-state index in [1.54, 1.807) is 43.5 Å². The van der Waals surface area contributed by atoms with Gasteiger partial charge in [-0.15, -0.1) is 0 Å². The third kappa shape index (κ3) is 4.98. The Morgan fingerprint density at radius 2 is 1.43 bits per heavy atom. The van der Waals surface area contributed by atoms with Crippen molar-refractivity contribution in [3.8, 4) is 5.75 Å². The molecule has 0 fully saturated rings. The maximum absolute atomic E-state index is 12.3. The highest BCUT2D eigenvalue weighted by atomic mass is 16.5. The van der Waals surface area contributed by atoms with Crippen molar-refractivity contribution < 1.29 is 14.3 Å². The number of anilines is 1. The number of carbonyl (C=O) groups is 2. The molecule has 5 heteroatoms. The van der Waals surface area contributed by atoms with E-state index in [1.165, 1.54) is 0 Å². The van der Waals surface area contributed by atoms with Crippen molar-refractivity contribution >= 4 is 17.5 Å². The van der Waals surface area contributed by atoms with Gasteiger partial charge in [-0.05, 0) is 54.4 Å². The summed E-state index contributed by atoms with van der Waals surface area (Å²) in [5, 5.41) is 5.72. The van der Waals surface area contributed by atoms with Gasteiger partial charge in [-0.2, -0.15) is 0 Å². The summed E-state index contributed by atoms with van der Waals surface area (Å²) in [5.41, 5.74) is 2.81. The fraction of sp³-hybridized carbons (Fsp3) is 0.130. The van der Waals surface area contributed by atoms with Crippen molar-refractivity contribution in [2.24, 2.45) is 0 Å². The van der Waals surface area contributed by atoms with Crippen molar-refractivity contribution in [3.63, 3.8) is 0 Å². The van der Waals surface area contributed by atoms with Crippen molar-refractivity contribution in [1.82, 2.24) is 5.32 Å². The number of amides is 2. The predicted molar refractivity (Wildman–Crippen MR) is 110 cm³/mol. The Labute approximate surface area is 164 Å². The maximum Gasteiger partial charge on any atom is 0.255 e. The van der Waals surface area contributed by atoms with Gasteiger partial charge in [0, 0.05) is 23.4 Å². The molecule has 0 unspecified atom stereocenters. The average Bonchev–Trinajstić information content (AvgIpc) is 2.75. The Bertz CT molecular complexity index is 938. The summed E-state index contributed by atoms with van der Waals surface area (Å²) in [6.07, 6.45) is 0.682. The zero-order valence-electron chi connectivity index (χ0n) is 15.6. The van der Waals surface area contributed by atoms with Crippen LogP contribution in [-0.2, 0) is 6.42 Å². The van der Waals surface area contributed by atoms with Crippen LogP contribution in [0.3, 0.4) is 0 Å². The topological polar surface area (TPSA) is 67.4 Å². The minimum absolute atomic E-state index is 0.157. The smallest absolute Gasteiger partial charge is 0.255 e. The molecular weight excluding hydrogens is 352 g/mol. The van der Waals surface area contributed by atoms with E-state index in [0.29, 0.717) is 29.8 Å². The molecule has 0 radical (unpaired) electrons. The van der Waals surface area contributed by atoms with E-state index in [2.05, 4.69) is 10.6 Å². The molecule has 3 rings (SSSR count). The molecule has 0 heterocycles. The van der Waals surface area contributed by atoms with Gasteiger partial charge >= 0.3 is 0 Å². The van der Waals surface area contributed by atoms with Crippen LogP contribution in [0.15, 0.2) is 78.9 Å². The second kappa shape index (κ2) is 9.37. The molecule has 0 saturated heterocycles. The maximum atomic E-state index is 12.3. The number of para-hydroxylation sites is 1. The summed E-state index contributed by atoms with van der Waals surface area (Å²) in [4.78, 5) is 24.5. The molecule has 0 aliphatic heterocycles. The number of hydrogen-bond acceptors (Lipinski definition) is 3. The largest absolute Gasteiger partial charge is 0.496 e. The lowest BCUT2D eigenvalue weighted by Gasteiger charge is -2.10. The lowest BCUT2D eigenvalue weighted by atomic mass is 10.1. The molecule has 0 atom stereocenters. The van der Waals surface area contributed by atoms with Gasteiger partial charge in [0.15, 0.2) is 0 Å². The number of methoxy groups -OCH3 is 1. The zero-order chi connectivity index (χ0) is 19.8. The molecule has 0 spiro atoms. The number of nitrogens with one attached hydrogen (secondary N) is 2. The molecule has 3 aromatic rings. The quantitative estimate of drug-likeness (QED) is 0.659. The summed E-state index contributed by atoms with van der Waals surface area (Å²) in [5.74, 6) is 0.473. The van der Waals surface area contributed by atoms with Gasteiger partial charge < -0.3 is 15.4 Å². The molecule has 0 aromatic heterocycles. The monoisotopic (exact) mass is 374 g/mol. The third-order valence-electron chi connectivity index (χ3n) is 4.31. The van der Waals surface area contributed by atoms with Crippen LogP contribution in [0.25, 0.3) is 0 Å². The third-order valence-corrected chi connectivity index (χ3v) is 4.31. The molecule has 0 aliphatic rings. The number of hydrogen-bond donors (Lipinski definition) is 2. The highest BCUT2D eigenvalue weighted by Crippen LogP contribution is 2.17. The number of rotatable bonds is 7. The molecule has 0 aliphatic carbocycles. The number of benzene rings is 3. The van der Waals surface area contributed by atoms with Crippen molar-refractivity contribution in [2.75, 3.05) is 19.0 Å². The van der Waals surface area contributed by atoms with Crippen LogP contribution in [0.4, 0.5) is 5.69 Å². The van der Waals surface area contributed by atoms with E-state index in [-0.39, 0.29) is 11.8 Å². The molecule has 0 bridgehead atoms. The van der Waals surface area contributed by atoms with Gasteiger partial charge in [-0.1, -0.05) is 36.4 Å². The van der Waals surface area contributed by atoms with Crippen LogP contribution < -0.4 is 15.4 Å². The van der Waals surface area contributed by atoms with Crippen molar-refractivity contribution in [2.45, 2.75) is 6.42 Å². The summed E-state index contributed by atoms with van der Waals surface area (Å²) < 4.78 is 5.32. The molecule has 28 heavy (non-hydrogen) atoms. The van der Waals surface area contributed by atoms with Crippen molar-refractivity contribution in [3.05, 3.63) is 95.6 Å². The van der Waals surface area contributed by atoms with Gasteiger partial charge in [-0.3, -0.25) is 9.59 Å². The highest BCUT2D eigenvalue weighted by molar-refractivity contribution is 6.04. The first-order valence-electron chi connectivity index (χ1n) is 9.04. The van der Waals surface area contributed by atoms with Crippen LogP contribution >= 0.6 is 0 Å². The fourth-order valence-electron chi connectivity index (χ4n) is 2.82. The second-order valence-electron chi connectivity index (χ2n) is 6.22. The van der Waals surface area contributed by atoms with Gasteiger partial charge in [0.25, 0.3) is 11.8 Å². The Kier molecular flexibility index (Phi) is 6.41. The molecule has 2 amide bonds. The number of ether oxygens (including phenoxy) is 1. The van der Waals surface area contributed by atoms with E-state index in [9.17, 15) is 9.59 Å². The molecule has 3 aromatic carbocycles. The molecule has 2 N–H and O–H groups in total. The van der Waals surface area contributed by atoms with Crippen LogP contribution in [0.5, 0.6) is 5.75 Å². The van der Waals surface area contributed by atoms with E-state index < -0.39 is 0 Å². The average molecular weight is 374 g/mol. The lowest BCUT2D eigenvalue weighted by molar-refractivity contribution is 0.0953. The Hall–Kier alpha value is -3.60. The van der Waals surface area contributed by atoms with Crippen molar-refractivity contribution in [1.29, 1.82) is 0 Å². The van der Waals surface area contributed by atoms with Gasteiger partial charge in [-0.25, -0.2) is 0 Å². The summed E-state index contributed by atoms with van der Waals surface area (Å²) in [6, 6.07) is 23.6. The van der Waals surface area contributed by atoms with Gasteiger partial charge in [0.1, 0.15) is 5.75 Å². The minimum Gasteiger partial charge on any atom is -0.496 e. The van der Waals surface area contributed by atoms with E-state index in [4.69, 9.17) is 4.74 Å². The lowest BCUT2D eigenvalue weighted by Crippen LogP contribution is -2.25. The van der Waals surface area contributed by atoms with E-state index >= 15 is 0 Å². The Morgan fingerprint density at radius 3 is 2.14 bits per heavy atom. The highest BCUT2D eigenvalue weighted by Gasteiger charge is 2.08. The molecular formula is C23H22N2O3. The van der Waals surface area contributed by atoms with Crippen LogP contribution in [0.2, 0.25) is 0 Å². The molecule has 142 valence electrons. The minimum atomic E-state index is -0.186.